The summed E-state index contributed by atoms with van der Waals surface area (Å²) in [7, 11) is 0. The van der Waals surface area contributed by atoms with Gasteiger partial charge in [0, 0.05) is 0 Å². The molecule has 5 heteroatoms. The van der Waals surface area contributed by atoms with Crippen molar-refractivity contribution in [2.75, 3.05) is 0 Å². The highest BCUT2D eigenvalue weighted by molar-refractivity contribution is 6.33. The highest BCUT2D eigenvalue weighted by atomic mass is 35.5. The van der Waals surface area contributed by atoms with Crippen LogP contribution in [0.2, 0.25) is 5.02 Å². The van der Waals surface area contributed by atoms with Crippen LogP contribution in [0.1, 0.15) is 48.2 Å². The minimum absolute atomic E-state index is 0.281. The molecule has 0 bridgehead atoms. The van der Waals surface area contributed by atoms with Gasteiger partial charge in [-0.2, -0.15) is 0 Å². The molecule has 0 aromatic heterocycles. The Balaban J connectivity index is 1.94. The molecule has 2 aromatic rings. The first-order chi connectivity index (χ1) is 11.9. The number of carbonyl (C=O) groups is 2. The molecular formula is C20H23ClN2O2. The molecule has 1 atom stereocenters. The quantitative estimate of drug-likeness (QED) is 0.790. The summed E-state index contributed by atoms with van der Waals surface area (Å²) in [5.74, 6) is -0.512. The number of amides is 2. The van der Waals surface area contributed by atoms with Crippen molar-refractivity contribution in [2.24, 2.45) is 5.92 Å². The number of carbonyl (C=O) groups excluding carboxylic acids is 2. The van der Waals surface area contributed by atoms with Gasteiger partial charge < -0.3 is 0 Å². The van der Waals surface area contributed by atoms with Crippen molar-refractivity contribution < 1.29 is 9.59 Å². The van der Waals surface area contributed by atoms with Gasteiger partial charge in [-0.15, -0.1) is 0 Å². The fraction of sp³-hybridized carbons (Fsp3) is 0.300. The van der Waals surface area contributed by atoms with Crippen LogP contribution < -0.4 is 10.9 Å². The monoisotopic (exact) mass is 358 g/mol. The third-order valence-corrected chi connectivity index (χ3v) is 4.26. The molecule has 0 radical (unpaired) electrons. The van der Waals surface area contributed by atoms with Crippen LogP contribution in [0, 0.1) is 5.92 Å². The maximum absolute atomic E-state index is 12.3. The molecule has 2 aromatic carbocycles. The van der Waals surface area contributed by atoms with Crippen molar-refractivity contribution in [1.82, 2.24) is 10.9 Å². The van der Waals surface area contributed by atoms with E-state index >= 15 is 0 Å². The lowest BCUT2D eigenvalue weighted by molar-refractivity contribution is -0.123. The molecule has 0 aliphatic carbocycles. The van der Waals surface area contributed by atoms with Gasteiger partial charge in [-0.05, 0) is 42.5 Å². The van der Waals surface area contributed by atoms with E-state index in [9.17, 15) is 9.59 Å². The molecule has 4 nitrogen and oxygen atoms in total. The molecule has 0 spiro atoms. The first-order valence-electron chi connectivity index (χ1n) is 8.32. The summed E-state index contributed by atoms with van der Waals surface area (Å²) in [4.78, 5) is 24.3. The minimum Gasteiger partial charge on any atom is -0.273 e. The summed E-state index contributed by atoms with van der Waals surface area (Å²) < 4.78 is 0. The maximum atomic E-state index is 12.3. The molecule has 2 N–H and O–H groups in total. The number of nitrogens with one attached hydrogen (secondary N) is 2. The smallest absolute Gasteiger partial charge is 0.271 e. The molecule has 0 fully saturated rings. The predicted octanol–water partition coefficient (Wildman–Crippen LogP) is 4.10. The lowest BCUT2D eigenvalue weighted by Crippen LogP contribution is -2.43. The molecule has 0 aliphatic rings. The second-order valence-corrected chi connectivity index (χ2v) is 6.89. The third kappa shape index (κ3) is 5.33. The Morgan fingerprint density at radius 2 is 1.60 bits per heavy atom. The number of hydrogen-bond donors (Lipinski definition) is 2. The first kappa shape index (κ1) is 19.0. The van der Waals surface area contributed by atoms with Crippen molar-refractivity contribution >= 4 is 23.4 Å². The largest absolute Gasteiger partial charge is 0.273 e. The second kappa shape index (κ2) is 8.67. The van der Waals surface area contributed by atoms with Crippen molar-refractivity contribution in [3.05, 3.63) is 70.2 Å². The van der Waals surface area contributed by atoms with Crippen LogP contribution in [0.25, 0.3) is 0 Å². The van der Waals surface area contributed by atoms with Crippen molar-refractivity contribution in [2.45, 2.75) is 33.1 Å². The summed E-state index contributed by atoms with van der Waals surface area (Å²) in [5.41, 5.74) is 7.32. The van der Waals surface area contributed by atoms with Crippen LogP contribution in [0.4, 0.5) is 0 Å². The zero-order chi connectivity index (χ0) is 18.4. The molecule has 0 heterocycles. The van der Waals surface area contributed by atoms with Gasteiger partial charge in [-0.1, -0.05) is 61.8 Å². The second-order valence-electron chi connectivity index (χ2n) is 6.48. The summed E-state index contributed by atoms with van der Waals surface area (Å²) in [6.45, 7) is 6.14. The molecule has 2 rings (SSSR count). The molecule has 2 amide bonds. The van der Waals surface area contributed by atoms with Gasteiger partial charge in [0.1, 0.15) is 0 Å². The van der Waals surface area contributed by atoms with Crippen molar-refractivity contribution in [3.63, 3.8) is 0 Å². The van der Waals surface area contributed by atoms with E-state index < -0.39 is 5.91 Å². The molecule has 0 saturated heterocycles. The summed E-state index contributed by atoms with van der Waals surface area (Å²) >= 11 is 5.97. The van der Waals surface area contributed by atoms with E-state index in [2.05, 4.69) is 24.7 Å². The zero-order valence-electron chi connectivity index (χ0n) is 14.7. The third-order valence-electron chi connectivity index (χ3n) is 3.93. The highest BCUT2D eigenvalue weighted by Gasteiger charge is 2.17. The molecular weight excluding hydrogens is 336 g/mol. The van der Waals surface area contributed by atoms with Crippen molar-refractivity contribution in [1.29, 1.82) is 0 Å². The molecule has 1 unspecified atom stereocenters. The number of benzene rings is 2. The summed E-state index contributed by atoms with van der Waals surface area (Å²) in [6.07, 6.45) is 1.01. The lowest BCUT2D eigenvalue weighted by atomic mass is 9.96. The van der Waals surface area contributed by atoms with Crippen LogP contribution in [0.15, 0.2) is 48.5 Å². The number of halogens is 1. The standard InChI is InChI=1S/C20H23ClN2O2/c1-13(2)12-15-8-10-16(11-9-15)14(3)19(24)22-23-20(25)17-6-4-5-7-18(17)21/h4-11,13-14H,12H2,1-3H3,(H,22,24)(H,23,25). The van der Waals surface area contributed by atoms with E-state index in [4.69, 9.17) is 11.6 Å². The van der Waals surface area contributed by atoms with Gasteiger partial charge in [0.2, 0.25) is 5.91 Å². The van der Waals surface area contributed by atoms with Crippen LogP contribution in [-0.2, 0) is 11.2 Å². The Bertz CT molecular complexity index is 742. The van der Waals surface area contributed by atoms with Crippen LogP contribution in [0.3, 0.4) is 0 Å². The first-order valence-corrected chi connectivity index (χ1v) is 8.70. The maximum Gasteiger partial charge on any atom is 0.271 e. The minimum atomic E-state index is -0.446. The summed E-state index contributed by atoms with van der Waals surface area (Å²) in [5, 5.41) is 0.336. The molecule has 25 heavy (non-hydrogen) atoms. The zero-order valence-corrected chi connectivity index (χ0v) is 15.4. The fourth-order valence-electron chi connectivity index (χ4n) is 2.50. The van der Waals surface area contributed by atoms with Crippen LogP contribution in [-0.4, -0.2) is 11.8 Å². The number of hydrogen-bond acceptors (Lipinski definition) is 2. The van der Waals surface area contributed by atoms with E-state index in [0.29, 0.717) is 16.5 Å². The van der Waals surface area contributed by atoms with Gasteiger partial charge >= 0.3 is 0 Å². The Labute approximate surface area is 153 Å². The number of rotatable bonds is 5. The Kier molecular flexibility index (Phi) is 6.59. The van der Waals surface area contributed by atoms with Gasteiger partial charge in [-0.25, -0.2) is 0 Å². The normalized spacial score (nSPS) is 11.9. The van der Waals surface area contributed by atoms with Gasteiger partial charge in [0.15, 0.2) is 0 Å². The predicted molar refractivity (Wildman–Crippen MR) is 100 cm³/mol. The van der Waals surface area contributed by atoms with Crippen LogP contribution in [0.5, 0.6) is 0 Å². The van der Waals surface area contributed by atoms with E-state index in [1.54, 1.807) is 31.2 Å². The van der Waals surface area contributed by atoms with Gasteiger partial charge in [0.05, 0.1) is 16.5 Å². The highest BCUT2D eigenvalue weighted by Crippen LogP contribution is 2.18. The van der Waals surface area contributed by atoms with Gasteiger partial charge in [0.25, 0.3) is 5.91 Å². The van der Waals surface area contributed by atoms with E-state index in [0.717, 1.165) is 12.0 Å². The molecule has 132 valence electrons. The topological polar surface area (TPSA) is 58.2 Å². The van der Waals surface area contributed by atoms with E-state index in [1.165, 1.54) is 5.56 Å². The Morgan fingerprint density at radius 1 is 0.960 bits per heavy atom. The van der Waals surface area contributed by atoms with E-state index in [1.807, 2.05) is 24.3 Å². The summed E-state index contributed by atoms with van der Waals surface area (Å²) in [6, 6.07) is 14.7. The molecule has 0 saturated carbocycles. The molecule has 0 aliphatic heterocycles. The van der Waals surface area contributed by atoms with Crippen LogP contribution >= 0.6 is 11.6 Å². The Morgan fingerprint density at radius 3 is 2.20 bits per heavy atom. The Hall–Kier alpha value is -2.33. The fourth-order valence-corrected chi connectivity index (χ4v) is 2.73. The average Bonchev–Trinajstić information content (AvgIpc) is 2.59. The SMILES string of the molecule is CC(C)Cc1ccc(C(C)C(=O)NNC(=O)c2ccccc2Cl)cc1. The van der Waals surface area contributed by atoms with E-state index in [-0.39, 0.29) is 11.8 Å². The van der Waals surface area contributed by atoms with Crippen molar-refractivity contribution in [3.8, 4) is 0 Å². The average molecular weight is 359 g/mol. The number of hydrazine groups is 1. The lowest BCUT2D eigenvalue weighted by Gasteiger charge is -2.14. The van der Waals surface area contributed by atoms with Gasteiger partial charge in [-0.3, -0.25) is 20.4 Å².